The zero-order valence-electron chi connectivity index (χ0n) is 22.2. The van der Waals surface area contributed by atoms with Crippen molar-refractivity contribution in [2.45, 2.75) is 39.3 Å². The van der Waals surface area contributed by atoms with Crippen molar-refractivity contribution in [2.75, 3.05) is 19.7 Å². The van der Waals surface area contributed by atoms with E-state index >= 15 is 4.39 Å². The zero-order valence-corrected chi connectivity index (χ0v) is 23.0. The van der Waals surface area contributed by atoms with Gasteiger partial charge >= 0.3 is 0 Å². The van der Waals surface area contributed by atoms with E-state index in [0.717, 1.165) is 30.3 Å². The minimum absolute atomic E-state index is 0.153. The van der Waals surface area contributed by atoms with Gasteiger partial charge in [-0.1, -0.05) is 36.7 Å². The summed E-state index contributed by atoms with van der Waals surface area (Å²) in [5, 5.41) is 10.3. The number of primary amides is 1. The molecule has 39 heavy (non-hydrogen) atoms. The summed E-state index contributed by atoms with van der Waals surface area (Å²) < 4.78 is 27.5. The molecule has 5 rings (SSSR count). The number of amides is 1. The predicted molar refractivity (Wildman–Crippen MR) is 151 cm³/mol. The lowest BCUT2D eigenvalue weighted by molar-refractivity contribution is 0.100. The predicted octanol–water partition coefficient (Wildman–Crippen LogP) is 6.46. The maximum Gasteiger partial charge on any atom is 0.250 e. The highest BCUT2D eigenvalue weighted by Crippen LogP contribution is 2.49. The number of rotatable bonds is 7. The monoisotopic (exact) mass is 550 g/mol. The van der Waals surface area contributed by atoms with Crippen molar-refractivity contribution in [2.24, 2.45) is 11.7 Å². The third kappa shape index (κ3) is 5.34. The smallest absolute Gasteiger partial charge is 0.250 e. The van der Waals surface area contributed by atoms with Crippen LogP contribution in [0, 0.1) is 11.7 Å². The Balaban J connectivity index is 1.48. The van der Waals surface area contributed by atoms with Gasteiger partial charge < -0.3 is 20.3 Å². The van der Waals surface area contributed by atoms with Gasteiger partial charge in [0.15, 0.2) is 11.6 Å². The lowest BCUT2D eigenvalue weighted by Crippen LogP contribution is -2.35. The van der Waals surface area contributed by atoms with Crippen LogP contribution in [0.5, 0.6) is 17.2 Å². The van der Waals surface area contributed by atoms with E-state index in [0.29, 0.717) is 35.1 Å². The van der Waals surface area contributed by atoms with E-state index in [-0.39, 0.29) is 16.1 Å². The van der Waals surface area contributed by atoms with Gasteiger partial charge in [0, 0.05) is 18.2 Å². The normalized spacial score (nSPS) is 19.9. The molecule has 1 amide bonds. The van der Waals surface area contributed by atoms with E-state index in [1.165, 1.54) is 12.5 Å². The number of hydrogen-bond acceptors (Lipinski definition) is 5. The summed E-state index contributed by atoms with van der Waals surface area (Å²) >= 11 is 6.21. The van der Waals surface area contributed by atoms with Crippen LogP contribution in [-0.4, -0.2) is 41.7 Å². The molecular formula is C31H32ClFN2O4. The van der Waals surface area contributed by atoms with Crippen molar-refractivity contribution in [1.29, 1.82) is 0 Å². The fourth-order valence-electron chi connectivity index (χ4n) is 5.43. The Morgan fingerprint density at radius 3 is 2.64 bits per heavy atom. The molecule has 2 aliphatic rings. The first-order valence-electron chi connectivity index (χ1n) is 13.1. The molecule has 0 saturated carbocycles. The molecule has 3 aromatic rings. The fourth-order valence-corrected chi connectivity index (χ4v) is 5.64. The van der Waals surface area contributed by atoms with E-state index < -0.39 is 23.6 Å². The summed E-state index contributed by atoms with van der Waals surface area (Å²) in [4.78, 5) is 14.5. The maximum atomic E-state index is 15.1. The Morgan fingerprint density at radius 2 is 1.97 bits per heavy atom. The molecule has 3 N–H and O–H groups in total. The zero-order chi connectivity index (χ0) is 27.8. The van der Waals surface area contributed by atoms with Crippen LogP contribution >= 0.6 is 11.6 Å². The topological polar surface area (TPSA) is 85.0 Å². The van der Waals surface area contributed by atoms with Crippen molar-refractivity contribution in [3.8, 4) is 17.2 Å². The number of hydrogen-bond donors (Lipinski definition) is 2. The average Bonchev–Trinajstić information content (AvgIpc) is 3.36. The third-order valence-electron chi connectivity index (χ3n) is 7.66. The number of likely N-dealkylation sites (tertiary alicyclic amines) is 1. The van der Waals surface area contributed by atoms with Gasteiger partial charge in [0.05, 0.1) is 16.1 Å². The fraction of sp³-hybridized carbons (Fsp3) is 0.323. The number of fused-ring (bicyclic) bond motifs is 1. The number of carbonyl (C=O) groups is 1. The number of halogens is 2. The van der Waals surface area contributed by atoms with Gasteiger partial charge in [-0.05, 0) is 85.8 Å². The van der Waals surface area contributed by atoms with Crippen LogP contribution < -0.4 is 15.2 Å². The second-order valence-electron chi connectivity index (χ2n) is 10.5. The molecule has 0 aromatic heterocycles. The first-order chi connectivity index (χ1) is 18.6. The highest BCUT2D eigenvalue weighted by molar-refractivity contribution is 6.33. The molecule has 8 heteroatoms. The Hall–Kier alpha value is -3.55. The van der Waals surface area contributed by atoms with Crippen LogP contribution in [0.3, 0.4) is 0 Å². The van der Waals surface area contributed by atoms with Gasteiger partial charge in [-0.15, -0.1) is 0 Å². The van der Waals surface area contributed by atoms with Gasteiger partial charge in [-0.25, -0.2) is 4.39 Å². The van der Waals surface area contributed by atoms with Crippen LogP contribution in [0.15, 0.2) is 54.6 Å². The summed E-state index contributed by atoms with van der Waals surface area (Å²) in [6.45, 7) is 9.01. The molecule has 0 spiro atoms. The number of nitrogens with two attached hydrogens (primary N) is 1. The SMILES string of the molecule is CC1=C(c2ccc(Cl)c(C(N)=O)c2)C(c2ccc(OCC(C)N3CCC(C)C3)cc2)Oc2ccc(O)c(F)c21. The summed E-state index contributed by atoms with van der Waals surface area (Å²) in [5.74, 6) is -0.130. The lowest BCUT2D eigenvalue weighted by Gasteiger charge is -2.31. The van der Waals surface area contributed by atoms with Crippen LogP contribution in [-0.2, 0) is 0 Å². The molecule has 2 heterocycles. The van der Waals surface area contributed by atoms with E-state index in [9.17, 15) is 9.90 Å². The number of aromatic hydroxyl groups is 1. The van der Waals surface area contributed by atoms with Gasteiger partial charge in [-0.2, -0.15) is 0 Å². The Labute approximate surface area is 232 Å². The van der Waals surface area contributed by atoms with E-state index in [1.807, 2.05) is 24.3 Å². The molecule has 3 unspecified atom stereocenters. The second kappa shape index (κ2) is 10.9. The first kappa shape index (κ1) is 27.0. The van der Waals surface area contributed by atoms with E-state index in [1.54, 1.807) is 31.2 Å². The molecule has 204 valence electrons. The first-order valence-corrected chi connectivity index (χ1v) is 13.5. The largest absolute Gasteiger partial charge is 0.505 e. The van der Waals surface area contributed by atoms with Crippen LogP contribution in [0.25, 0.3) is 11.1 Å². The minimum atomic E-state index is -0.768. The number of ether oxygens (including phenoxy) is 2. The number of benzene rings is 3. The van der Waals surface area contributed by atoms with Crippen LogP contribution in [0.1, 0.15) is 60.3 Å². The molecule has 2 aliphatic heterocycles. The van der Waals surface area contributed by atoms with Crippen LogP contribution in [0.4, 0.5) is 4.39 Å². The van der Waals surface area contributed by atoms with Gasteiger partial charge in [0.25, 0.3) is 0 Å². The number of phenolic OH excluding ortho intramolecular Hbond substituents is 1. The van der Waals surface area contributed by atoms with Crippen molar-refractivity contribution < 1.29 is 23.8 Å². The van der Waals surface area contributed by atoms with Crippen molar-refractivity contribution in [3.05, 3.63) is 87.7 Å². The maximum absolute atomic E-state index is 15.1. The van der Waals surface area contributed by atoms with Crippen molar-refractivity contribution in [3.63, 3.8) is 0 Å². The van der Waals surface area contributed by atoms with Gasteiger partial charge in [0.1, 0.15) is 24.2 Å². The molecule has 3 atom stereocenters. The van der Waals surface area contributed by atoms with Crippen molar-refractivity contribution >= 4 is 28.7 Å². The second-order valence-corrected chi connectivity index (χ2v) is 10.9. The molecule has 0 aliphatic carbocycles. The molecule has 3 aromatic carbocycles. The standard InChI is InChI=1S/C31H32ClFN2O4/c1-17-12-13-35(15-17)18(2)16-38-22-7-4-20(5-8-22)30-27(21-6-9-24(32)23(14-21)31(34)37)19(3)28-26(39-30)11-10-25(36)29(28)33/h4-11,14,17-18,30,36H,12-13,15-16H2,1-3H3,(H2,34,37). The minimum Gasteiger partial charge on any atom is -0.505 e. The number of phenols is 1. The highest BCUT2D eigenvalue weighted by Gasteiger charge is 2.32. The highest BCUT2D eigenvalue weighted by atomic mass is 35.5. The third-order valence-corrected chi connectivity index (χ3v) is 7.99. The summed E-state index contributed by atoms with van der Waals surface area (Å²) in [6.07, 6.45) is 0.596. The number of carbonyl (C=O) groups excluding carboxylic acids is 1. The molecule has 0 radical (unpaired) electrons. The van der Waals surface area contributed by atoms with Crippen molar-refractivity contribution in [1.82, 2.24) is 4.90 Å². The van der Waals surface area contributed by atoms with E-state index in [2.05, 4.69) is 18.7 Å². The number of allylic oxidation sites excluding steroid dienone is 1. The quantitative estimate of drug-likeness (QED) is 0.353. The van der Waals surface area contributed by atoms with Gasteiger partial charge in [-0.3, -0.25) is 9.69 Å². The van der Waals surface area contributed by atoms with Crippen LogP contribution in [0.2, 0.25) is 5.02 Å². The summed E-state index contributed by atoms with van der Waals surface area (Å²) in [5.41, 5.74) is 8.50. The summed E-state index contributed by atoms with van der Waals surface area (Å²) in [7, 11) is 0. The molecular weight excluding hydrogens is 519 g/mol. The molecule has 6 nitrogen and oxygen atoms in total. The lowest BCUT2D eigenvalue weighted by atomic mass is 9.85. The Bertz CT molecular complexity index is 1440. The van der Waals surface area contributed by atoms with Gasteiger partial charge in [0.2, 0.25) is 5.91 Å². The average molecular weight is 551 g/mol. The number of nitrogens with zero attached hydrogens (tertiary/aromatic N) is 1. The Kier molecular flexibility index (Phi) is 7.56. The Morgan fingerprint density at radius 1 is 1.23 bits per heavy atom. The molecule has 1 fully saturated rings. The molecule has 0 bridgehead atoms. The van der Waals surface area contributed by atoms with E-state index in [4.69, 9.17) is 26.8 Å². The summed E-state index contributed by atoms with van der Waals surface area (Å²) in [6, 6.07) is 15.7. The molecule has 1 saturated heterocycles.